The number of amides is 1. The van der Waals surface area contributed by atoms with E-state index in [4.69, 9.17) is 28.8 Å². The number of nitrogens with one attached hydrogen (secondary N) is 1. The van der Waals surface area contributed by atoms with Gasteiger partial charge >= 0.3 is 0 Å². The summed E-state index contributed by atoms with van der Waals surface area (Å²) in [5.41, 5.74) is 2.42. The molecule has 1 saturated heterocycles. The third-order valence-electron chi connectivity index (χ3n) is 5.84. The number of aromatic nitrogens is 2. The van der Waals surface area contributed by atoms with E-state index in [1.807, 2.05) is 37.3 Å². The molecule has 0 atom stereocenters. The summed E-state index contributed by atoms with van der Waals surface area (Å²) < 4.78 is 1.95. The van der Waals surface area contributed by atoms with Gasteiger partial charge < -0.3 is 5.32 Å². The summed E-state index contributed by atoms with van der Waals surface area (Å²) in [4.78, 5) is 33.4. The van der Waals surface area contributed by atoms with Crippen LogP contribution in [0.1, 0.15) is 49.3 Å². The summed E-state index contributed by atoms with van der Waals surface area (Å²) in [6.07, 6.45) is 7.70. The van der Waals surface area contributed by atoms with Gasteiger partial charge in [-0.25, -0.2) is 4.98 Å². The Morgan fingerprint density at radius 2 is 1.94 bits per heavy atom. The van der Waals surface area contributed by atoms with Crippen LogP contribution in [0.2, 0.25) is 5.02 Å². The van der Waals surface area contributed by atoms with Gasteiger partial charge in [-0.2, -0.15) is 0 Å². The average molecular weight is 527 g/mol. The Hall–Kier alpha value is -2.68. The highest BCUT2D eigenvalue weighted by atomic mass is 35.5. The van der Waals surface area contributed by atoms with Crippen molar-refractivity contribution in [1.29, 1.82) is 0 Å². The number of unbranched alkanes of at least 4 members (excludes halogenated alkanes) is 3. The van der Waals surface area contributed by atoms with Gasteiger partial charge in [-0.3, -0.25) is 18.9 Å². The molecule has 1 amide bonds. The molecule has 0 saturated carbocycles. The number of hydrogen-bond donors (Lipinski definition) is 1. The standard InChI is InChI=1S/C26H27ClN4O2S2/c1-3-4-5-8-13-28-22-19(24(32)30-14-9-10-17(2)23(30)29-22)15-21-25(33)31(26(34)35-21)16-18-11-6-7-12-20(18)27/h6-7,9-12,14-15,28H,3-5,8,13,16H2,1-2H3. The quantitative estimate of drug-likeness (QED) is 0.208. The highest BCUT2D eigenvalue weighted by Gasteiger charge is 2.33. The molecule has 182 valence electrons. The van der Waals surface area contributed by atoms with Crippen LogP contribution >= 0.6 is 35.6 Å². The molecule has 1 fully saturated rings. The topological polar surface area (TPSA) is 66.7 Å². The number of hydrogen-bond acceptors (Lipinski definition) is 6. The van der Waals surface area contributed by atoms with E-state index in [0.29, 0.717) is 37.8 Å². The lowest BCUT2D eigenvalue weighted by Crippen LogP contribution is -2.27. The zero-order valence-electron chi connectivity index (χ0n) is 19.7. The molecule has 9 heteroatoms. The Kier molecular flexibility index (Phi) is 8.26. The molecule has 0 aliphatic carbocycles. The summed E-state index contributed by atoms with van der Waals surface area (Å²) in [7, 11) is 0. The molecule has 1 aliphatic heterocycles. The molecule has 4 rings (SSSR count). The Morgan fingerprint density at radius 3 is 2.71 bits per heavy atom. The van der Waals surface area contributed by atoms with Crippen molar-refractivity contribution < 1.29 is 4.79 Å². The highest BCUT2D eigenvalue weighted by Crippen LogP contribution is 2.35. The van der Waals surface area contributed by atoms with Gasteiger partial charge in [0.2, 0.25) is 0 Å². The summed E-state index contributed by atoms with van der Waals surface area (Å²) in [6, 6.07) is 11.1. The number of thioether (sulfide) groups is 1. The van der Waals surface area contributed by atoms with Crippen LogP contribution in [-0.4, -0.2) is 31.1 Å². The van der Waals surface area contributed by atoms with Gasteiger partial charge in [0.1, 0.15) is 15.8 Å². The Balaban J connectivity index is 1.69. The van der Waals surface area contributed by atoms with Crippen LogP contribution in [0.3, 0.4) is 0 Å². The minimum absolute atomic E-state index is 0.230. The molecular weight excluding hydrogens is 500 g/mol. The molecule has 1 aromatic carbocycles. The van der Waals surface area contributed by atoms with E-state index >= 15 is 0 Å². The number of aryl methyl sites for hydroxylation is 1. The second-order valence-electron chi connectivity index (χ2n) is 8.41. The van der Waals surface area contributed by atoms with Crippen molar-refractivity contribution in [2.45, 2.75) is 46.1 Å². The van der Waals surface area contributed by atoms with Crippen LogP contribution in [0.25, 0.3) is 11.7 Å². The second-order valence-corrected chi connectivity index (χ2v) is 10.5. The maximum Gasteiger partial charge on any atom is 0.267 e. The van der Waals surface area contributed by atoms with E-state index in [9.17, 15) is 9.59 Å². The minimum atomic E-state index is -0.248. The SMILES string of the molecule is CCCCCCNc1nc2c(C)cccn2c(=O)c1C=C1SC(=S)N(Cc2ccccc2Cl)C1=O. The van der Waals surface area contributed by atoms with Crippen LogP contribution < -0.4 is 10.9 Å². The van der Waals surface area contributed by atoms with E-state index in [1.165, 1.54) is 21.1 Å². The van der Waals surface area contributed by atoms with Gasteiger partial charge in [0.15, 0.2) is 0 Å². The monoisotopic (exact) mass is 526 g/mol. The lowest BCUT2D eigenvalue weighted by atomic mass is 10.2. The number of rotatable bonds is 9. The molecule has 0 radical (unpaired) electrons. The minimum Gasteiger partial charge on any atom is -0.369 e. The van der Waals surface area contributed by atoms with Crippen molar-refractivity contribution in [3.8, 4) is 0 Å². The van der Waals surface area contributed by atoms with Crippen LogP contribution in [-0.2, 0) is 11.3 Å². The van der Waals surface area contributed by atoms with E-state index in [-0.39, 0.29) is 18.0 Å². The summed E-state index contributed by atoms with van der Waals surface area (Å²) in [5, 5.41) is 3.91. The second kappa shape index (κ2) is 11.4. The maximum atomic E-state index is 13.5. The number of pyridine rings is 1. The summed E-state index contributed by atoms with van der Waals surface area (Å²) >= 11 is 13.0. The van der Waals surface area contributed by atoms with Crippen LogP contribution in [0.4, 0.5) is 5.82 Å². The lowest BCUT2D eigenvalue weighted by molar-refractivity contribution is -0.122. The van der Waals surface area contributed by atoms with Crippen molar-refractivity contribution in [2.75, 3.05) is 11.9 Å². The maximum absolute atomic E-state index is 13.5. The first-order valence-corrected chi connectivity index (χ1v) is 13.3. The van der Waals surface area contributed by atoms with Crippen LogP contribution in [0.15, 0.2) is 52.3 Å². The third-order valence-corrected chi connectivity index (χ3v) is 7.59. The van der Waals surface area contributed by atoms with Crippen molar-refractivity contribution in [3.05, 3.63) is 79.6 Å². The van der Waals surface area contributed by atoms with Crippen molar-refractivity contribution in [1.82, 2.24) is 14.3 Å². The fourth-order valence-electron chi connectivity index (χ4n) is 3.90. The number of carbonyl (C=O) groups excluding carboxylic acids is 1. The fourth-order valence-corrected chi connectivity index (χ4v) is 5.33. The Morgan fingerprint density at radius 1 is 1.14 bits per heavy atom. The van der Waals surface area contributed by atoms with Gasteiger partial charge in [0, 0.05) is 17.8 Å². The number of carbonyl (C=O) groups is 1. The molecule has 1 aliphatic rings. The number of halogens is 1. The molecule has 3 aromatic rings. The van der Waals surface area contributed by atoms with Crippen molar-refractivity contribution >= 4 is 63.3 Å². The van der Waals surface area contributed by atoms with E-state index in [1.54, 1.807) is 18.3 Å². The number of nitrogens with zero attached hydrogens (tertiary/aromatic N) is 3. The first kappa shape index (κ1) is 25.4. The normalized spacial score (nSPS) is 14.9. The summed E-state index contributed by atoms with van der Waals surface area (Å²) in [6.45, 7) is 5.07. The third kappa shape index (κ3) is 5.60. The molecule has 3 heterocycles. The molecule has 1 N–H and O–H groups in total. The molecular formula is C26H27ClN4O2S2. The number of benzene rings is 1. The smallest absolute Gasteiger partial charge is 0.267 e. The first-order chi connectivity index (χ1) is 16.9. The van der Waals surface area contributed by atoms with Gasteiger partial charge in [0.25, 0.3) is 11.5 Å². The largest absolute Gasteiger partial charge is 0.369 e. The number of thiocarbonyl (C=S) groups is 1. The van der Waals surface area contributed by atoms with Crippen LogP contribution in [0.5, 0.6) is 0 Å². The molecule has 35 heavy (non-hydrogen) atoms. The van der Waals surface area contributed by atoms with Crippen molar-refractivity contribution in [2.24, 2.45) is 0 Å². The van der Waals surface area contributed by atoms with Crippen molar-refractivity contribution in [3.63, 3.8) is 0 Å². The van der Waals surface area contributed by atoms with E-state index in [0.717, 1.165) is 36.8 Å². The molecule has 0 bridgehead atoms. The highest BCUT2D eigenvalue weighted by molar-refractivity contribution is 8.26. The van der Waals surface area contributed by atoms with Gasteiger partial charge in [-0.1, -0.05) is 86.0 Å². The number of anilines is 1. The summed E-state index contributed by atoms with van der Waals surface area (Å²) in [5.74, 6) is 0.236. The van der Waals surface area contributed by atoms with E-state index in [2.05, 4.69) is 12.2 Å². The molecule has 6 nitrogen and oxygen atoms in total. The number of fused-ring (bicyclic) bond motifs is 1. The van der Waals surface area contributed by atoms with Crippen LogP contribution in [0, 0.1) is 6.92 Å². The predicted octanol–water partition coefficient (Wildman–Crippen LogP) is 6.05. The zero-order chi connectivity index (χ0) is 24.9. The Bertz CT molecular complexity index is 1370. The predicted molar refractivity (Wildman–Crippen MR) is 149 cm³/mol. The lowest BCUT2D eigenvalue weighted by Gasteiger charge is -2.15. The van der Waals surface area contributed by atoms with E-state index < -0.39 is 0 Å². The molecule has 0 unspecified atom stereocenters. The molecule has 2 aromatic heterocycles. The van der Waals surface area contributed by atoms with Gasteiger partial charge in [-0.15, -0.1) is 0 Å². The molecule has 0 spiro atoms. The first-order valence-electron chi connectivity index (χ1n) is 11.6. The Labute approximate surface area is 219 Å². The van der Waals surface area contributed by atoms with Gasteiger partial charge in [-0.05, 0) is 42.7 Å². The van der Waals surface area contributed by atoms with Gasteiger partial charge in [0.05, 0.1) is 17.0 Å². The fraction of sp³-hybridized carbons (Fsp3) is 0.308. The zero-order valence-corrected chi connectivity index (χ0v) is 22.1. The average Bonchev–Trinajstić information content (AvgIpc) is 3.10.